The van der Waals surface area contributed by atoms with E-state index in [-0.39, 0.29) is 35.2 Å². The van der Waals surface area contributed by atoms with Crippen LogP contribution in [-0.2, 0) is 32.1 Å². The molecule has 0 saturated heterocycles. The minimum atomic E-state index is -0.458. The number of hydrogen-bond donors (Lipinski definition) is 5. The fourth-order valence-corrected chi connectivity index (χ4v) is 16.7. The van der Waals surface area contributed by atoms with Crippen molar-refractivity contribution in [1.82, 2.24) is 45.2 Å². The maximum atomic E-state index is 14.0. The largest absolute Gasteiger partial charge is 0.495 e. The van der Waals surface area contributed by atoms with Gasteiger partial charge in [0.2, 0.25) is 47.4 Å². The van der Waals surface area contributed by atoms with Crippen LogP contribution in [0.2, 0.25) is 0 Å². The number of para-hydroxylation sites is 3. The second kappa shape index (κ2) is 35.4. The molecule has 0 unspecified atom stereocenters. The quantitative estimate of drug-likeness (QED) is 0.0637. The maximum Gasteiger partial charge on any atom is 0.229 e. The third-order valence-electron chi connectivity index (χ3n) is 22.9. The van der Waals surface area contributed by atoms with E-state index < -0.39 is 5.82 Å². The number of benzene rings is 4. The van der Waals surface area contributed by atoms with E-state index in [1.165, 1.54) is 108 Å². The summed E-state index contributed by atoms with van der Waals surface area (Å²) in [5.74, 6) is 5.82. The molecule has 28 nitrogen and oxygen atoms in total. The summed E-state index contributed by atoms with van der Waals surface area (Å²) in [7, 11) is 11.7. The van der Waals surface area contributed by atoms with Crippen LogP contribution in [0.5, 0.6) is 17.2 Å². The van der Waals surface area contributed by atoms with Crippen LogP contribution in [0.3, 0.4) is 0 Å². The first-order valence-corrected chi connectivity index (χ1v) is 39.3. The van der Waals surface area contributed by atoms with Crippen molar-refractivity contribution in [1.29, 1.82) is 0 Å². The van der Waals surface area contributed by atoms with E-state index >= 15 is 0 Å². The van der Waals surface area contributed by atoms with Crippen molar-refractivity contribution in [3.8, 4) is 17.2 Å². The lowest BCUT2D eigenvalue weighted by molar-refractivity contribution is -0.118. The zero-order chi connectivity index (χ0) is 77.9. The van der Waals surface area contributed by atoms with Gasteiger partial charge in [0.25, 0.3) is 0 Å². The highest BCUT2D eigenvalue weighted by atomic mass is 19.1. The molecule has 5 N–H and O–H groups in total. The van der Waals surface area contributed by atoms with Crippen molar-refractivity contribution in [2.45, 2.75) is 166 Å². The molecule has 4 aromatic carbocycles. The number of hydrogen-bond acceptors (Lipinski definition) is 24. The van der Waals surface area contributed by atoms with Gasteiger partial charge < -0.3 is 80.0 Å². The van der Waals surface area contributed by atoms with E-state index in [1.807, 2.05) is 31.3 Å². The first-order chi connectivity index (χ1) is 54.5. The highest BCUT2D eigenvalue weighted by Gasteiger charge is 2.37. The molecule has 4 amide bonds. The van der Waals surface area contributed by atoms with Crippen LogP contribution in [0.25, 0.3) is 0 Å². The summed E-state index contributed by atoms with van der Waals surface area (Å²) in [5.41, 5.74) is 8.44. The Hall–Kier alpha value is -11.3. The summed E-state index contributed by atoms with van der Waals surface area (Å²) in [6.45, 7) is 4.65. The highest BCUT2D eigenvalue weighted by molar-refractivity contribution is 6.00. The molecule has 4 fully saturated rings. The number of halogens is 2. The Labute approximate surface area is 652 Å². The molecule has 0 atom stereocenters. The van der Waals surface area contributed by atoms with E-state index in [0.717, 1.165) is 116 Å². The van der Waals surface area contributed by atoms with Gasteiger partial charge in [0.1, 0.15) is 40.1 Å². The Balaban J connectivity index is 0.000000124. The van der Waals surface area contributed by atoms with Crippen LogP contribution in [-0.4, -0.2) is 170 Å². The predicted octanol–water partition coefficient (Wildman–Crippen LogP) is 13.3. The van der Waals surface area contributed by atoms with Gasteiger partial charge >= 0.3 is 0 Å². The predicted molar refractivity (Wildman–Crippen MR) is 433 cm³/mol. The molecular formula is C82H101F2N21O7. The maximum absolute atomic E-state index is 14.0. The fraction of sp³-hybridized carbons (Fsp3) is 0.463. The normalized spacial score (nSPS) is 18.1. The number of nitrogens with zero attached hydrogens (tertiary/aromatic N) is 16. The number of aromatic nitrogens is 8. The molecule has 590 valence electrons. The molecule has 0 bridgehead atoms. The molecule has 17 rings (SSSR count). The molecule has 4 aromatic heterocycles. The van der Waals surface area contributed by atoms with Crippen molar-refractivity contribution in [2.75, 3.05) is 143 Å². The number of fused-ring (bicyclic) bond motifs is 5. The molecule has 8 aromatic rings. The van der Waals surface area contributed by atoms with Gasteiger partial charge in [-0.15, -0.1) is 0 Å². The van der Waals surface area contributed by atoms with Gasteiger partial charge in [-0.1, -0.05) is 75.6 Å². The molecule has 4 saturated carbocycles. The average Bonchev–Trinajstić information content (AvgIpc) is 1.58. The monoisotopic (exact) mass is 1530 g/mol. The topological polar surface area (TPSA) is 285 Å². The van der Waals surface area contributed by atoms with Crippen LogP contribution < -0.4 is 80.0 Å². The van der Waals surface area contributed by atoms with E-state index in [1.54, 1.807) is 90.8 Å². The molecular weight excluding hydrogens is 1430 g/mol. The van der Waals surface area contributed by atoms with Crippen LogP contribution >= 0.6 is 0 Å². The van der Waals surface area contributed by atoms with Gasteiger partial charge in [-0.3, -0.25) is 19.2 Å². The van der Waals surface area contributed by atoms with E-state index in [4.69, 9.17) is 34.1 Å². The Bertz CT molecular complexity index is 4600. The molecule has 4 aliphatic carbocycles. The SMILES string of the molecule is CN1C(=O)CCN(C2CCCC2)c2nc(Nc3ccc4c(c3)CCNC4)ncc21.COc1c(F)cccc1Nc1ncc2c(n1)N(C1CCCC1)CCC(=O)N2C.COc1ccc(F)cc1Nc1ncc2c(n1)N(C1CCCC1)CCC(=O)N2C.COc1ccccc1Nc1ncc2c(n1)N(C1CCCC1)CCC(=O)N2C. The summed E-state index contributed by atoms with van der Waals surface area (Å²) in [6.07, 6.45) is 28.6. The van der Waals surface area contributed by atoms with Gasteiger partial charge in [0.15, 0.2) is 34.8 Å². The Morgan fingerprint density at radius 1 is 0.402 bits per heavy atom. The number of carbonyl (C=O) groups is 4. The number of carbonyl (C=O) groups excluding carboxylic acids is 4. The van der Waals surface area contributed by atoms with Crippen LogP contribution in [0.15, 0.2) is 104 Å². The molecule has 0 radical (unpaired) electrons. The molecule has 112 heavy (non-hydrogen) atoms. The van der Waals surface area contributed by atoms with Gasteiger partial charge in [0.05, 0.1) is 63.2 Å². The van der Waals surface area contributed by atoms with Crippen molar-refractivity contribution in [3.05, 3.63) is 126 Å². The zero-order valence-corrected chi connectivity index (χ0v) is 65.0. The molecule has 9 heterocycles. The number of amides is 4. The lowest BCUT2D eigenvalue weighted by Gasteiger charge is -2.30. The highest BCUT2D eigenvalue weighted by Crippen LogP contribution is 2.43. The van der Waals surface area contributed by atoms with Crippen molar-refractivity contribution in [3.63, 3.8) is 0 Å². The number of rotatable bonds is 15. The first kappa shape index (κ1) is 77.4. The van der Waals surface area contributed by atoms with Crippen LogP contribution in [0, 0.1) is 11.6 Å². The van der Waals surface area contributed by atoms with E-state index in [0.29, 0.717) is 122 Å². The third-order valence-corrected chi connectivity index (χ3v) is 22.9. The van der Waals surface area contributed by atoms with Gasteiger partial charge in [-0.05, 0) is 124 Å². The van der Waals surface area contributed by atoms with Crippen molar-refractivity contribution >= 4 is 116 Å². The lowest BCUT2D eigenvalue weighted by Crippen LogP contribution is -2.34. The second-order valence-corrected chi connectivity index (χ2v) is 29.7. The van der Waals surface area contributed by atoms with Crippen LogP contribution in [0.4, 0.5) is 101 Å². The Morgan fingerprint density at radius 3 is 1.21 bits per heavy atom. The number of ether oxygens (including phenoxy) is 3. The molecule has 9 aliphatic rings. The molecule has 0 spiro atoms. The van der Waals surface area contributed by atoms with E-state index in [9.17, 15) is 28.0 Å². The van der Waals surface area contributed by atoms with Crippen molar-refractivity contribution in [2.24, 2.45) is 0 Å². The third kappa shape index (κ3) is 17.4. The standard InChI is InChI=1S/C22H28N6O.2C20H24FN5O2.C20H25N5O2/c1-27-19-14-24-22(25-17-7-6-16-13-23-10-8-15(16)12-17)26-21(19)28(11-9-20(27)29)18-4-2-3-5-18;1-25-16-12-22-20(23-15-9-5-8-14(21)18(15)28-2)24-19(16)26(11-10-17(25)27)13-6-3-4-7-13;1-25-16-12-22-20(23-15-11-13(21)7-8-17(15)28-2)24-19(16)26(10-9-18(25)27)14-5-3-4-6-14;1-24-16-13-21-20(22-15-9-5-6-10-17(15)27-2)23-19(16)25(12-11-18(24)26)14-7-3-4-8-14/h6-7,12,14,18,23H,2-5,8-11,13H2,1H3,(H,24,25,26);5,8-9,12-13H,3-4,6-7,10-11H2,1-2H3,(H,22,23,24);7-8,11-12,14H,3-6,9-10H2,1-2H3,(H,22,23,24);5-6,9-10,13-14H,3-4,7-8,11-12H2,1-2H3,(H,21,22,23). The minimum absolute atomic E-state index is 0.0536. The van der Waals surface area contributed by atoms with Gasteiger partial charge in [0, 0.05) is 123 Å². The Kier molecular flexibility index (Phi) is 24.5. The summed E-state index contributed by atoms with van der Waals surface area (Å²) in [4.78, 5) is 102. The fourth-order valence-electron chi connectivity index (χ4n) is 16.7. The van der Waals surface area contributed by atoms with Crippen LogP contribution in [0.1, 0.15) is 140 Å². The number of anilines is 16. The smallest absolute Gasteiger partial charge is 0.229 e. The summed E-state index contributed by atoms with van der Waals surface area (Å²) >= 11 is 0. The molecule has 30 heteroatoms. The number of nitrogens with one attached hydrogen (secondary N) is 5. The molecule has 5 aliphatic heterocycles. The summed E-state index contributed by atoms with van der Waals surface area (Å²) in [5, 5.41) is 16.2. The second-order valence-electron chi connectivity index (χ2n) is 29.7. The van der Waals surface area contributed by atoms with Gasteiger partial charge in [-0.2, -0.15) is 19.9 Å². The number of methoxy groups -OCH3 is 3. The first-order valence-electron chi connectivity index (χ1n) is 39.3. The zero-order valence-electron chi connectivity index (χ0n) is 65.0. The van der Waals surface area contributed by atoms with Gasteiger partial charge in [-0.25, -0.2) is 28.7 Å². The Morgan fingerprint density at radius 2 is 0.786 bits per heavy atom. The minimum Gasteiger partial charge on any atom is -0.495 e. The van der Waals surface area contributed by atoms with Crippen molar-refractivity contribution < 1.29 is 42.2 Å². The lowest BCUT2D eigenvalue weighted by atomic mass is 10.0. The summed E-state index contributed by atoms with van der Waals surface area (Å²) in [6, 6.07) is 24.7. The average molecular weight is 1530 g/mol. The van der Waals surface area contributed by atoms with E-state index in [2.05, 4.69) is 84.3 Å². The summed E-state index contributed by atoms with van der Waals surface area (Å²) < 4.78 is 43.5.